The molecule has 5 heteroatoms. The molecule has 0 amide bonds. The zero-order valence-electron chi connectivity index (χ0n) is 15.0. The number of hydrogen-bond donors (Lipinski definition) is 1. The number of nitriles is 1. The largest absolute Gasteiger partial charge is 0.465 e. The molecule has 0 aromatic heterocycles. The minimum atomic E-state index is -1.67. The molecule has 1 aliphatic carbocycles. The van der Waals surface area contributed by atoms with Crippen LogP contribution in [0.4, 0.5) is 0 Å². The van der Waals surface area contributed by atoms with Crippen LogP contribution in [0.3, 0.4) is 0 Å². The molecule has 3 rings (SSSR count). The van der Waals surface area contributed by atoms with Gasteiger partial charge in [-0.3, -0.25) is 9.59 Å². The quantitative estimate of drug-likeness (QED) is 0.666. The van der Waals surface area contributed by atoms with Gasteiger partial charge in [0.15, 0.2) is 5.78 Å². The molecular weight excluding hydrogens is 342 g/mol. The average molecular weight is 363 g/mol. The highest BCUT2D eigenvalue weighted by Crippen LogP contribution is 2.50. The molecule has 0 unspecified atom stereocenters. The van der Waals surface area contributed by atoms with Crippen LogP contribution in [-0.2, 0) is 19.9 Å². The van der Waals surface area contributed by atoms with Gasteiger partial charge in [0.25, 0.3) is 0 Å². The number of hydrogen-bond acceptors (Lipinski definition) is 5. The van der Waals surface area contributed by atoms with Crippen LogP contribution >= 0.6 is 0 Å². The van der Waals surface area contributed by atoms with E-state index in [4.69, 9.17) is 4.74 Å². The fourth-order valence-corrected chi connectivity index (χ4v) is 3.94. The maximum absolute atomic E-state index is 13.0. The second kappa shape index (κ2) is 7.73. The maximum atomic E-state index is 13.0. The summed E-state index contributed by atoms with van der Waals surface area (Å²) >= 11 is 0. The van der Waals surface area contributed by atoms with E-state index in [9.17, 15) is 20.0 Å². The van der Waals surface area contributed by atoms with Gasteiger partial charge in [0.05, 0.1) is 18.6 Å². The lowest BCUT2D eigenvalue weighted by molar-refractivity contribution is -0.161. The topological polar surface area (TPSA) is 87.4 Å². The summed E-state index contributed by atoms with van der Waals surface area (Å²) in [5, 5.41) is 21.4. The van der Waals surface area contributed by atoms with E-state index in [-0.39, 0.29) is 13.0 Å². The van der Waals surface area contributed by atoms with Gasteiger partial charge < -0.3 is 9.84 Å². The van der Waals surface area contributed by atoms with Crippen molar-refractivity contribution in [3.8, 4) is 6.07 Å². The molecule has 0 saturated heterocycles. The van der Waals surface area contributed by atoms with Crippen LogP contribution in [0, 0.1) is 23.2 Å². The summed E-state index contributed by atoms with van der Waals surface area (Å²) in [7, 11) is 0. The number of nitrogens with zero attached hydrogens (tertiary/aromatic N) is 1. The molecule has 2 aromatic carbocycles. The molecule has 27 heavy (non-hydrogen) atoms. The molecule has 1 fully saturated rings. The predicted molar refractivity (Wildman–Crippen MR) is 98.4 cm³/mol. The average Bonchev–Trinajstić information content (AvgIpc) is 2.69. The summed E-state index contributed by atoms with van der Waals surface area (Å²) in [6.07, 6.45) is -0.304. The zero-order chi connectivity index (χ0) is 19.4. The van der Waals surface area contributed by atoms with E-state index in [0.29, 0.717) is 11.1 Å². The summed E-state index contributed by atoms with van der Waals surface area (Å²) in [5.74, 6) is -3.94. The maximum Gasteiger partial charge on any atom is 0.317 e. The van der Waals surface area contributed by atoms with E-state index < -0.39 is 35.1 Å². The lowest BCUT2D eigenvalue weighted by Gasteiger charge is -2.44. The summed E-state index contributed by atoms with van der Waals surface area (Å²) in [4.78, 5) is 25.5. The standard InChI is InChI=1S/C22H21NO4/c1-2-27-21(25)20-18(24)13-22(26,16-11-7-4-8-12-16)17(14-23)19(20)15-9-5-3-6-10-15/h3-12,17,19-20,26H,2,13H2,1H3/t17-,19-,20+,22-/m0/s1. The Morgan fingerprint density at radius 1 is 1.19 bits per heavy atom. The molecule has 1 N–H and O–H groups in total. The van der Waals surface area contributed by atoms with Crippen LogP contribution < -0.4 is 0 Å². The second-order valence-corrected chi connectivity index (χ2v) is 6.71. The highest BCUT2D eigenvalue weighted by atomic mass is 16.5. The number of rotatable bonds is 4. The van der Waals surface area contributed by atoms with E-state index in [1.54, 1.807) is 61.5 Å². The Labute approximate surface area is 158 Å². The first kappa shape index (κ1) is 18.8. The minimum absolute atomic E-state index is 0.143. The second-order valence-electron chi connectivity index (χ2n) is 6.71. The summed E-state index contributed by atoms with van der Waals surface area (Å²) in [6, 6.07) is 19.8. The molecule has 0 aliphatic heterocycles. The van der Waals surface area contributed by atoms with Crippen LogP contribution in [0.5, 0.6) is 0 Å². The Morgan fingerprint density at radius 3 is 2.33 bits per heavy atom. The van der Waals surface area contributed by atoms with Crippen molar-refractivity contribution in [1.29, 1.82) is 5.26 Å². The van der Waals surface area contributed by atoms with E-state index in [2.05, 4.69) is 6.07 Å². The number of benzene rings is 2. The van der Waals surface area contributed by atoms with Crippen molar-refractivity contribution in [3.63, 3.8) is 0 Å². The van der Waals surface area contributed by atoms with Crippen molar-refractivity contribution in [2.24, 2.45) is 11.8 Å². The fourth-order valence-electron chi connectivity index (χ4n) is 3.94. The van der Waals surface area contributed by atoms with Gasteiger partial charge in [0, 0.05) is 12.3 Å². The highest BCUT2D eigenvalue weighted by molar-refractivity contribution is 6.01. The van der Waals surface area contributed by atoms with Crippen LogP contribution in [0.25, 0.3) is 0 Å². The Morgan fingerprint density at radius 2 is 1.78 bits per heavy atom. The molecule has 0 bridgehead atoms. The number of carbonyl (C=O) groups is 2. The lowest BCUT2D eigenvalue weighted by atomic mass is 9.60. The molecule has 5 nitrogen and oxygen atoms in total. The van der Waals surface area contributed by atoms with Gasteiger partial charge in [-0.05, 0) is 18.1 Å². The van der Waals surface area contributed by atoms with E-state index in [1.807, 2.05) is 6.07 Å². The third-order valence-corrected chi connectivity index (χ3v) is 5.16. The lowest BCUT2D eigenvalue weighted by Crippen LogP contribution is -2.51. The van der Waals surface area contributed by atoms with Crippen molar-refractivity contribution in [2.45, 2.75) is 24.9 Å². The van der Waals surface area contributed by atoms with E-state index >= 15 is 0 Å². The van der Waals surface area contributed by atoms with Gasteiger partial charge in [0.1, 0.15) is 11.5 Å². The SMILES string of the molecule is CCOC(=O)[C@@H]1C(=O)C[C@](O)(c2ccccc2)[C@@H](C#N)[C@@H]1c1ccccc1. The molecule has 138 valence electrons. The number of carbonyl (C=O) groups excluding carboxylic acids is 2. The summed E-state index contributed by atoms with van der Waals surface area (Å²) in [5.41, 5.74) is -0.519. The number of esters is 1. The van der Waals surface area contributed by atoms with Gasteiger partial charge in [-0.25, -0.2) is 0 Å². The smallest absolute Gasteiger partial charge is 0.317 e. The monoisotopic (exact) mass is 363 g/mol. The van der Waals surface area contributed by atoms with Crippen LogP contribution in [0.15, 0.2) is 60.7 Å². The number of ether oxygens (including phenoxy) is 1. The van der Waals surface area contributed by atoms with Gasteiger partial charge in [-0.2, -0.15) is 5.26 Å². The normalized spacial score (nSPS) is 27.6. The van der Waals surface area contributed by atoms with Gasteiger partial charge in [-0.15, -0.1) is 0 Å². The third kappa shape index (κ3) is 3.36. The van der Waals surface area contributed by atoms with E-state index in [1.165, 1.54) is 0 Å². The first-order valence-corrected chi connectivity index (χ1v) is 8.94. The molecule has 0 radical (unpaired) electrons. The van der Waals surface area contributed by atoms with Crippen LogP contribution in [0.1, 0.15) is 30.4 Å². The summed E-state index contributed by atoms with van der Waals surface area (Å²) < 4.78 is 5.12. The number of Topliss-reactive ketones (excluding diaryl/α,β-unsaturated/α-hetero) is 1. The summed E-state index contributed by atoms with van der Waals surface area (Å²) in [6.45, 7) is 1.81. The van der Waals surface area contributed by atoms with Crippen molar-refractivity contribution >= 4 is 11.8 Å². The zero-order valence-corrected chi connectivity index (χ0v) is 15.0. The molecule has 0 heterocycles. The first-order valence-electron chi connectivity index (χ1n) is 8.94. The molecule has 1 aliphatic rings. The minimum Gasteiger partial charge on any atom is -0.465 e. The molecular formula is C22H21NO4. The van der Waals surface area contributed by atoms with Crippen molar-refractivity contribution in [1.82, 2.24) is 0 Å². The van der Waals surface area contributed by atoms with Crippen LogP contribution in [0.2, 0.25) is 0 Å². The third-order valence-electron chi connectivity index (χ3n) is 5.16. The first-order chi connectivity index (χ1) is 13.0. The predicted octanol–water partition coefficient (Wildman–Crippen LogP) is 2.95. The van der Waals surface area contributed by atoms with Gasteiger partial charge in [-0.1, -0.05) is 60.7 Å². The molecule has 0 spiro atoms. The fraction of sp³-hybridized carbons (Fsp3) is 0.318. The van der Waals surface area contributed by atoms with Crippen molar-refractivity contribution in [2.75, 3.05) is 6.61 Å². The molecule has 2 aromatic rings. The Kier molecular flexibility index (Phi) is 5.38. The van der Waals surface area contributed by atoms with Crippen molar-refractivity contribution < 1.29 is 19.4 Å². The molecule has 4 atom stereocenters. The van der Waals surface area contributed by atoms with Gasteiger partial charge in [0.2, 0.25) is 0 Å². The molecule has 1 saturated carbocycles. The Bertz CT molecular complexity index is 859. The number of ketones is 1. The number of aliphatic hydroxyl groups is 1. The van der Waals surface area contributed by atoms with E-state index in [0.717, 1.165) is 0 Å². The van der Waals surface area contributed by atoms with Crippen LogP contribution in [-0.4, -0.2) is 23.5 Å². The Balaban J connectivity index is 2.15. The Hall–Kier alpha value is -2.97. The van der Waals surface area contributed by atoms with Crippen molar-refractivity contribution in [3.05, 3.63) is 71.8 Å². The highest BCUT2D eigenvalue weighted by Gasteiger charge is 2.56. The van der Waals surface area contributed by atoms with Gasteiger partial charge >= 0.3 is 5.97 Å².